The fourth-order valence-corrected chi connectivity index (χ4v) is 4.01. The predicted molar refractivity (Wildman–Crippen MR) is 120 cm³/mol. The lowest BCUT2D eigenvalue weighted by molar-refractivity contribution is -0.142. The standard InChI is InChI=1S/C23H25NO7S/c1-4-28-23(27)21-16(9-14(2)3)12-32-22(21)24-19(25)11-29-20(26)8-6-15-5-7-17-18(10-15)31-13-30-17/h5-8,10,12,14H,4,9,11,13H2,1-3H3,(H,24,25). The minimum atomic E-state index is -0.671. The second kappa shape index (κ2) is 10.8. The second-order valence-electron chi connectivity index (χ2n) is 7.39. The summed E-state index contributed by atoms with van der Waals surface area (Å²) in [5, 5.41) is 4.87. The Kier molecular flexibility index (Phi) is 7.88. The Hall–Kier alpha value is -3.33. The van der Waals surface area contributed by atoms with E-state index < -0.39 is 24.5 Å². The Labute approximate surface area is 190 Å². The molecule has 9 heteroatoms. The van der Waals surface area contributed by atoms with Crippen molar-refractivity contribution in [3.63, 3.8) is 0 Å². The molecule has 0 aliphatic carbocycles. The van der Waals surface area contributed by atoms with Crippen LogP contribution in [0.4, 0.5) is 5.00 Å². The van der Waals surface area contributed by atoms with Crippen LogP contribution >= 0.6 is 11.3 Å². The smallest absolute Gasteiger partial charge is 0.341 e. The van der Waals surface area contributed by atoms with Gasteiger partial charge in [0.15, 0.2) is 18.1 Å². The van der Waals surface area contributed by atoms with Crippen LogP contribution in [0.5, 0.6) is 11.5 Å². The summed E-state index contributed by atoms with van der Waals surface area (Å²) >= 11 is 1.24. The number of rotatable bonds is 9. The summed E-state index contributed by atoms with van der Waals surface area (Å²) in [6.07, 6.45) is 3.46. The van der Waals surface area contributed by atoms with E-state index in [0.717, 1.165) is 11.1 Å². The molecular formula is C23H25NO7S. The van der Waals surface area contributed by atoms with Crippen LogP contribution in [0.3, 0.4) is 0 Å². The lowest BCUT2D eigenvalue weighted by atomic mass is 10.0. The van der Waals surface area contributed by atoms with E-state index in [-0.39, 0.29) is 13.4 Å². The third-order valence-corrected chi connectivity index (χ3v) is 5.33. The van der Waals surface area contributed by atoms with E-state index in [9.17, 15) is 14.4 Å². The number of carbonyl (C=O) groups excluding carboxylic acids is 3. The summed E-state index contributed by atoms with van der Waals surface area (Å²) in [5.74, 6) is -0.116. The molecule has 0 atom stereocenters. The van der Waals surface area contributed by atoms with E-state index in [1.165, 1.54) is 17.4 Å². The molecule has 8 nitrogen and oxygen atoms in total. The van der Waals surface area contributed by atoms with E-state index in [1.807, 2.05) is 19.2 Å². The number of ether oxygens (including phenoxy) is 4. The van der Waals surface area contributed by atoms with Crippen molar-refractivity contribution < 1.29 is 33.3 Å². The average Bonchev–Trinajstić information content (AvgIpc) is 3.37. The maximum absolute atomic E-state index is 12.4. The molecular weight excluding hydrogens is 434 g/mol. The van der Waals surface area contributed by atoms with Crippen LogP contribution in [0.25, 0.3) is 6.08 Å². The number of benzene rings is 1. The fourth-order valence-electron chi connectivity index (χ4n) is 3.03. The van der Waals surface area contributed by atoms with Gasteiger partial charge in [-0.05, 0) is 54.0 Å². The highest BCUT2D eigenvalue weighted by atomic mass is 32.1. The highest BCUT2D eigenvalue weighted by molar-refractivity contribution is 7.15. The van der Waals surface area contributed by atoms with Gasteiger partial charge in [-0.3, -0.25) is 4.79 Å². The van der Waals surface area contributed by atoms with Gasteiger partial charge in [-0.25, -0.2) is 9.59 Å². The van der Waals surface area contributed by atoms with E-state index in [2.05, 4.69) is 5.32 Å². The number of anilines is 1. The molecule has 2 heterocycles. The number of hydrogen-bond acceptors (Lipinski definition) is 8. The molecule has 0 radical (unpaired) electrons. The normalized spacial score (nSPS) is 12.2. The average molecular weight is 460 g/mol. The molecule has 0 saturated heterocycles. The number of esters is 2. The van der Waals surface area contributed by atoms with Crippen molar-refractivity contribution in [1.29, 1.82) is 0 Å². The van der Waals surface area contributed by atoms with E-state index in [0.29, 0.717) is 34.4 Å². The largest absolute Gasteiger partial charge is 0.462 e. The Bertz CT molecular complexity index is 1030. The summed E-state index contributed by atoms with van der Waals surface area (Å²) in [6, 6.07) is 5.25. The molecule has 1 aliphatic rings. The molecule has 3 rings (SSSR count). The molecule has 0 fully saturated rings. The number of fused-ring (bicyclic) bond motifs is 1. The molecule has 0 spiro atoms. The van der Waals surface area contributed by atoms with Crippen molar-refractivity contribution >= 4 is 40.3 Å². The second-order valence-corrected chi connectivity index (χ2v) is 8.27. The van der Waals surface area contributed by atoms with Gasteiger partial charge >= 0.3 is 11.9 Å². The first-order chi connectivity index (χ1) is 15.4. The van der Waals surface area contributed by atoms with Gasteiger partial charge in [-0.15, -0.1) is 11.3 Å². The first-order valence-corrected chi connectivity index (χ1v) is 11.1. The molecule has 32 heavy (non-hydrogen) atoms. The minimum absolute atomic E-state index is 0.167. The highest BCUT2D eigenvalue weighted by Crippen LogP contribution is 2.33. The number of amides is 1. The highest BCUT2D eigenvalue weighted by Gasteiger charge is 2.22. The number of carbonyl (C=O) groups is 3. The molecule has 0 saturated carbocycles. The summed E-state index contributed by atoms with van der Waals surface area (Å²) in [5.41, 5.74) is 1.90. The van der Waals surface area contributed by atoms with Crippen molar-refractivity contribution in [3.05, 3.63) is 46.3 Å². The molecule has 0 bridgehead atoms. The topological polar surface area (TPSA) is 100 Å². The molecule has 1 aliphatic heterocycles. The van der Waals surface area contributed by atoms with Crippen molar-refractivity contribution in [2.45, 2.75) is 27.2 Å². The summed E-state index contributed by atoms with van der Waals surface area (Å²) in [4.78, 5) is 36.7. The van der Waals surface area contributed by atoms with Crippen LogP contribution in [0.1, 0.15) is 42.3 Å². The Morgan fingerprint density at radius 3 is 2.72 bits per heavy atom. The lowest BCUT2D eigenvalue weighted by Gasteiger charge is -2.10. The minimum Gasteiger partial charge on any atom is -0.462 e. The molecule has 0 unspecified atom stereocenters. The van der Waals surface area contributed by atoms with Gasteiger partial charge in [0.25, 0.3) is 5.91 Å². The maximum Gasteiger partial charge on any atom is 0.341 e. The molecule has 1 aromatic carbocycles. The van der Waals surface area contributed by atoms with Crippen LogP contribution in [0, 0.1) is 5.92 Å². The molecule has 2 aromatic rings. The van der Waals surface area contributed by atoms with Crippen molar-refractivity contribution in [2.24, 2.45) is 5.92 Å². The van der Waals surface area contributed by atoms with Gasteiger partial charge < -0.3 is 24.3 Å². The van der Waals surface area contributed by atoms with E-state index in [4.69, 9.17) is 18.9 Å². The maximum atomic E-state index is 12.4. The predicted octanol–water partition coefficient (Wildman–Crippen LogP) is 4.05. The molecule has 1 amide bonds. The number of thiophene rings is 1. The zero-order chi connectivity index (χ0) is 23.1. The van der Waals surface area contributed by atoms with Gasteiger partial charge in [0, 0.05) is 6.08 Å². The summed E-state index contributed by atoms with van der Waals surface area (Å²) < 4.78 is 20.7. The molecule has 170 valence electrons. The van der Waals surface area contributed by atoms with Gasteiger partial charge in [0.2, 0.25) is 6.79 Å². The number of hydrogen-bond donors (Lipinski definition) is 1. The third-order valence-electron chi connectivity index (χ3n) is 4.38. The van der Waals surface area contributed by atoms with Crippen LogP contribution in [0.2, 0.25) is 0 Å². The van der Waals surface area contributed by atoms with Crippen LogP contribution in [-0.4, -0.2) is 37.9 Å². The SMILES string of the molecule is CCOC(=O)c1c(CC(C)C)csc1NC(=O)COC(=O)C=Cc1ccc2c(c1)OCO2. The Morgan fingerprint density at radius 1 is 1.19 bits per heavy atom. The third kappa shape index (κ3) is 6.10. The van der Waals surface area contributed by atoms with E-state index in [1.54, 1.807) is 31.2 Å². The van der Waals surface area contributed by atoms with Gasteiger partial charge in [0.1, 0.15) is 5.00 Å². The fraction of sp³-hybridized carbons (Fsp3) is 0.348. The van der Waals surface area contributed by atoms with Gasteiger partial charge in [-0.2, -0.15) is 0 Å². The zero-order valence-corrected chi connectivity index (χ0v) is 19.0. The van der Waals surface area contributed by atoms with Crippen molar-refractivity contribution in [3.8, 4) is 11.5 Å². The van der Waals surface area contributed by atoms with Crippen molar-refractivity contribution in [2.75, 3.05) is 25.3 Å². The summed E-state index contributed by atoms with van der Waals surface area (Å²) in [6.45, 7) is 5.73. The van der Waals surface area contributed by atoms with Gasteiger partial charge in [0.05, 0.1) is 12.2 Å². The Balaban J connectivity index is 1.56. The van der Waals surface area contributed by atoms with Crippen molar-refractivity contribution in [1.82, 2.24) is 0 Å². The van der Waals surface area contributed by atoms with Crippen LogP contribution < -0.4 is 14.8 Å². The molecule has 1 aromatic heterocycles. The zero-order valence-electron chi connectivity index (χ0n) is 18.1. The number of nitrogens with one attached hydrogen (secondary N) is 1. The van der Waals surface area contributed by atoms with Crippen LogP contribution in [-0.2, 0) is 25.5 Å². The Morgan fingerprint density at radius 2 is 1.97 bits per heavy atom. The lowest BCUT2D eigenvalue weighted by Crippen LogP contribution is -2.21. The van der Waals surface area contributed by atoms with E-state index >= 15 is 0 Å². The first kappa shape index (κ1) is 23.3. The first-order valence-electron chi connectivity index (χ1n) is 10.2. The summed E-state index contributed by atoms with van der Waals surface area (Å²) in [7, 11) is 0. The van der Waals surface area contributed by atoms with Crippen LogP contribution in [0.15, 0.2) is 29.7 Å². The molecule has 1 N–H and O–H groups in total. The monoisotopic (exact) mass is 459 g/mol. The van der Waals surface area contributed by atoms with Gasteiger partial charge in [-0.1, -0.05) is 19.9 Å². The quantitative estimate of drug-likeness (QED) is 0.446.